The van der Waals surface area contributed by atoms with Crippen LogP contribution in [0.1, 0.15) is 45.3 Å². The lowest BCUT2D eigenvalue weighted by Gasteiger charge is -2.30. The second-order valence-corrected chi connectivity index (χ2v) is 6.29. The lowest BCUT2D eigenvalue weighted by atomic mass is 9.87. The minimum atomic E-state index is -1.05. The first kappa shape index (κ1) is 15.9. The number of rotatable bonds is 4. The topological polar surface area (TPSA) is 69.8 Å². The average Bonchev–Trinajstić information content (AvgIpc) is 2.98. The summed E-state index contributed by atoms with van der Waals surface area (Å²) in [4.78, 5) is 4.24. The van der Waals surface area contributed by atoms with E-state index in [-0.39, 0.29) is 0 Å². The quantitative estimate of drug-likeness (QED) is 0.588. The van der Waals surface area contributed by atoms with Gasteiger partial charge in [0.2, 0.25) is 0 Å². The Morgan fingerprint density at radius 1 is 1.52 bits per heavy atom. The largest absolute Gasteiger partial charge is 0.466 e. The van der Waals surface area contributed by atoms with Crippen molar-refractivity contribution in [1.82, 2.24) is 10.6 Å². The van der Waals surface area contributed by atoms with Crippen molar-refractivity contribution in [2.24, 2.45) is 10.9 Å². The Labute approximate surface area is 126 Å². The molecule has 1 aliphatic carbocycles. The Balaban J connectivity index is 1.85. The van der Waals surface area contributed by atoms with Crippen molar-refractivity contribution < 1.29 is 9.52 Å². The zero-order chi connectivity index (χ0) is 15.3. The van der Waals surface area contributed by atoms with Crippen LogP contribution in [-0.2, 0) is 5.60 Å². The molecule has 5 heteroatoms. The van der Waals surface area contributed by atoms with E-state index < -0.39 is 5.60 Å². The van der Waals surface area contributed by atoms with Crippen LogP contribution in [0, 0.1) is 5.92 Å². The van der Waals surface area contributed by atoms with Crippen molar-refractivity contribution in [3.05, 3.63) is 24.2 Å². The van der Waals surface area contributed by atoms with Gasteiger partial charge in [0.1, 0.15) is 11.4 Å². The predicted octanol–water partition coefficient (Wildman–Crippen LogP) is 2.23. The Hall–Kier alpha value is -1.49. The average molecular weight is 293 g/mol. The molecule has 3 unspecified atom stereocenters. The molecule has 118 valence electrons. The first-order chi connectivity index (χ1) is 10.0. The summed E-state index contributed by atoms with van der Waals surface area (Å²) < 4.78 is 5.28. The van der Waals surface area contributed by atoms with Gasteiger partial charge in [0.05, 0.1) is 12.8 Å². The number of furan rings is 1. The van der Waals surface area contributed by atoms with Crippen LogP contribution < -0.4 is 10.6 Å². The minimum Gasteiger partial charge on any atom is -0.466 e. The number of hydrogen-bond donors (Lipinski definition) is 3. The molecule has 3 N–H and O–H groups in total. The highest BCUT2D eigenvalue weighted by Crippen LogP contribution is 2.23. The molecule has 1 saturated carbocycles. The van der Waals surface area contributed by atoms with Crippen molar-refractivity contribution in [2.45, 2.75) is 51.2 Å². The molecule has 0 aliphatic heterocycles. The van der Waals surface area contributed by atoms with Gasteiger partial charge in [-0.2, -0.15) is 0 Å². The molecule has 3 atom stereocenters. The molecule has 0 spiro atoms. The van der Waals surface area contributed by atoms with Gasteiger partial charge in [-0.1, -0.05) is 19.8 Å². The van der Waals surface area contributed by atoms with E-state index in [0.717, 1.165) is 11.9 Å². The summed E-state index contributed by atoms with van der Waals surface area (Å²) >= 11 is 0. The van der Waals surface area contributed by atoms with E-state index in [2.05, 4.69) is 22.5 Å². The monoisotopic (exact) mass is 293 g/mol. The fourth-order valence-corrected chi connectivity index (χ4v) is 2.88. The molecule has 5 nitrogen and oxygen atoms in total. The molecule has 0 radical (unpaired) electrons. The van der Waals surface area contributed by atoms with Crippen molar-refractivity contribution >= 4 is 5.96 Å². The maximum atomic E-state index is 10.4. The first-order valence-corrected chi connectivity index (χ1v) is 7.75. The van der Waals surface area contributed by atoms with Crippen molar-refractivity contribution in [3.8, 4) is 0 Å². The lowest BCUT2D eigenvalue weighted by molar-refractivity contribution is 0.0385. The summed E-state index contributed by atoms with van der Waals surface area (Å²) in [5, 5.41) is 17.1. The first-order valence-electron chi connectivity index (χ1n) is 7.75. The van der Waals surface area contributed by atoms with Crippen LogP contribution in [0.5, 0.6) is 0 Å². The Bertz CT molecular complexity index is 454. The van der Waals surface area contributed by atoms with Crippen LogP contribution in [0.2, 0.25) is 0 Å². The third-order valence-corrected chi connectivity index (χ3v) is 4.15. The third-order valence-electron chi connectivity index (χ3n) is 4.15. The molecule has 0 aromatic carbocycles. The molecule has 1 aromatic heterocycles. The van der Waals surface area contributed by atoms with Gasteiger partial charge in [-0.3, -0.25) is 4.99 Å². The van der Waals surface area contributed by atoms with Gasteiger partial charge in [-0.25, -0.2) is 0 Å². The molecule has 2 rings (SSSR count). The van der Waals surface area contributed by atoms with Crippen molar-refractivity contribution in [2.75, 3.05) is 13.6 Å². The van der Waals surface area contributed by atoms with Gasteiger partial charge in [0, 0.05) is 13.1 Å². The Morgan fingerprint density at radius 2 is 2.33 bits per heavy atom. The number of aliphatic hydroxyl groups is 1. The molecule has 21 heavy (non-hydrogen) atoms. The summed E-state index contributed by atoms with van der Waals surface area (Å²) in [6.07, 6.45) is 6.51. The second kappa shape index (κ2) is 6.98. The van der Waals surface area contributed by atoms with E-state index in [1.165, 1.54) is 25.7 Å². The summed E-state index contributed by atoms with van der Waals surface area (Å²) in [6, 6.07) is 4.02. The number of aliphatic imine (C=N–C) groups is 1. The van der Waals surface area contributed by atoms with E-state index in [9.17, 15) is 5.11 Å². The Morgan fingerprint density at radius 3 is 2.95 bits per heavy atom. The van der Waals surface area contributed by atoms with Gasteiger partial charge in [-0.15, -0.1) is 0 Å². The molecule has 0 saturated heterocycles. The van der Waals surface area contributed by atoms with Gasteiger partial charge >= 0.3 is 0 Å². The standard InChI is InChI=1S/C16H27N3O2/c1-12-6-4-7-13(10-12)19-15(17-3)18-11-16(2,20)14-8-5-9-21-14/h5,8-9,12-13,20H,4,6-7,10-11H2,1-3H3,(H2,17,18,19). The van der Waals surface area contributed by atoms with E-state index >= 15 is 0 Å². The second-order valence-electron chi connectivity index (χ2n) is 6.29. The number of hydrogen-bond acceptors (Lipinski definition) is 3. The summed E-state index contributed by atoms with van der Waals surface area (Å²) in [7, 11) is 1.75. The number of nitrogens with zero attached hydrogens (tertiary/aromatic N) is 1. The molecule has 0 amide bonds. The van der Waals surface area contributed by atoms with Gasteiger partial charge in [0.25, 0.3) is 0 Å². The minimum absolute atomic E-state index is 0.350. The summed E-state index contributed by atoms with van der Waals surface area (Å²) in [5.74, 6) is 2.05. The maximum Gasteiger partial charge on any atom is 0.191 e. The highest BCUT2D eigenvalue weighted by Gasteiger charge is 2.27. The van der Waals surface area contributed by atoms with Gasteiger partial charge in [-0.05, 0) is 37.8 Å². The highest BCUT2D eigenvalue weighted by atomic mass is 16.4. The zero-order valence-corrected chi connectivity index (χ0v) is 13.2. The van der Waals surface area contributed by atoms with Crippen LogP contribution in [0.3, 0.4) is 0 Å². The van der Waals surface area contributed by atoms with Crippen LogP contribution in [-0.4, -0.2) is 30.7 Å². The molecule has 1 heterocycles. The lowest BCUT2D eigenvalue weighted by Crippen LogP contribution is -2.48. The molecule has 1 aromatic rings. The molecule has 0 bridgehead atoms. The van der Waals surface area contributed by atoms with Gasteiger partial charge < -0.3 is 20.2 Å². The highest BCUT2D eigenvalue weighted by molar-refractivity contribution is 5.80. The SMILES string of the molecule is CN=C(NCC(C)(O)c1ccco1)NC1CCCC(C)C1. The van der Waals surface area contributed by atoms with Crippen LogP contribution >= 0.6 is 0 Å². The predicted molar refractivity (Wildman–Crippen MR) is 84.2 cm³/mol. The van der Waals surface area contributed by atoms with Crippen molar-refractivity contribution in [1.29, 1.82) is 0 Å². The smallest absolute Gasteiger partial charge is 0.191 e. The van der Waals surface area contributed by atoms with Crippen molar-refractivity contribution in [3.63, 3.8) is 0 Å². The van der Waals surface area contributed by atoms with Crippen LogP contribution in [0.25, 0.3) is 0 Å². The van der Waals surface area contributed by atoms with Crippen LogP contribution in [0.4, 0.5) is 0 Å². The molecule has 1 fully saturated rings. The number of guanidine groups is 1. The zero-order valence-electron chi connectivity index (χ0n) is 13.2. The Kier molecular flexibility index (Phi) is 5.28. The molecular weight excluding hydrogens is 266 g/mol. The van der Waals surface area contributed by atoms with E-state index in [4.69, 9.17) is 4.42 Å². The van der Waals surface area contributed by atoms with E-state index in [0.29, 0.717) is 18.3 Å². The van der Waals surface area contributed by atoms with Gasteiger partial charge in [0.15, 0.2) is 5.96 Å². The maximum absolute atomic E-state index is 10.4. The van der Waals surface area contributed by atoms with E-state index in [1.807, 2.05) is 0 Å². The molecular formula is C16H27N3O2. The fourth-order valence-electron chi connectivity index (χ4n) is 2.88. The molecule has 1 aliphatic rings. The third kappa shape index (κ3) is 4.49. The van der Waals surface area contributed by atoms with Crippen LogP contribution in [0.15, 0.2) is 27.8 Å². The summed E-state index contributed by atoms with van der Waals surface area (Å²) in [5.41, 5.74) is -1.05. The van der Waals surface area contributed by atoms with E-state index in [1.54, 1.807) is 32.4 Å². The summed E-state index contributed by atoms with van der Waals surface area (Å²) in [6.45, 7) is 4.38. The fraction of sp³-hybridized carbons (Fsp3) is 0.688. The normalized spacial score (nSPS) is 26.2. The number of nitrogens with one attached hydrogen (secondary N) is 2.